The number of rotatable bonds is 6. The van der Waals surface area contributed by atoms with Crippen LogP contribution in [0.1, 0.15) is 35.6 Å². The van der Waals surface area contributed by atoms with Crippen LogP contribution in [0.25, 0.3) is 0 Å². The van der Waals surface area contributed by atoms with Gasteiger partial charge in [0, 0.05) is 16.9 Å². The van der Waals surface area contributed by atoms with E-state index in [4.69, 9.17) is 9.47 Å². The number of ether oxygens (including phenoxy) is 2. The molecule has 0 aromatic heterocycles. The first-order valence-corrected chi connectivity index (χ1v) is 10.6. The van der Waals surface area contributed by atoms with Gasteiger partial charge in [-0.15, -0.1) is 11.8 Å². The molecule has 0 bridgehead atoms. The minimum absolute atomic E-state index is 0.114. The van der Waals surface area contributed by atoms with Crippen molar-refractivity contribution in [2.75, 3.05) is 19.0 Å². The van der Waals surface area contributed by atoms with E-state index in [-0.39, 0.29) is 30.3 Å². The second-order valence-corrected chi connectivity index (χ2v) is 8.08. The van der Waals surface area contributed by atoms with E-state index in [1.807, 2.05) is 24.3 Å². The van der Waals surface area contributed by atoms with Gasteiger partial charge in [-0.2, -0.15) is 0 Å². The minimum atomic E-state index is -0.381. The lowest BCUT2D eigenvalue weighted by molar-refractivity contribution is -0.146. The van der Waals surface area contributed by atoms with Crippen LogP contribution in [0, 0.1) is 0 Å². The normalized spacial score (nSPS) is 17.2. The fourth-order valence-electron chi connectivity index (χ4n) is 3.70. The first-order chi connectivity index (χ1) is 13.7. The molecule has 0 saturated heterocycles. The van der Waals surface area contributed by atoms with E-state index >= 15 is 0 Å². The first kappa shape index (κ1) is 18.9. The molecule has 6 heteroatoms. The fourth-order valence-corrected chi connectivity index (χ4v) is 4.45. The topological polar surface area (TPSA) is 64.6 Å². The molecule has 1 atom stereocenters. The maximum atomic E-state index is 12.2. The zero-order chi connectivity index (χ0) is 19.3. The van der Waals surface area contributed by atoms with E-state index in [9.17, 15) is 9.59 Å². The van der Waals surface area contributed by atoms with Crippen LogP contribution in [0.15, 0.2) is 47.4 Å². The number of carbonyl (C=O) groups is 2. The summed E-state index contributed by atoms with van der Waals surface area (Å²) in [6.07, 6.45) is 4.17. The molecule has 0 spiro atoms. The Kier molecular flexibility index (Phi) is 5.86. The van der Waals surface area contributed by atoms with Gasteiger partial charge in [-0.1, -0.05) is 24.3 Å². The van der Waals surface area contributed by atoms with E-state index in [1.165, 1.54) is 29.3 Å². The van der Waals surface area contributed by atoms with E-state index in [1.54, 1.807) is 0 Å². The highest BCUT2D eigenvalue weighted by atomic mass is 32.2. The Bertz CT molecular complexity index is 883. The number of para-hydroxylation sites is 1. The molecule has 1 amide bonds. The second-order valence-electron chi connectivity index (χ2n) is 7.03. The van der Waals surface area contributed by atoms with Gasteiger partial charge in [0.1, 0.15) is 5.75 Å². The van der Waals surface area contributed by atoms with E-state index in [0.717, 1.165) is 29.1 Å². The number of thioether (sulfide) groups is 1. The zero-order valence-corrected chi connectivity index (χ0v) is 16.4. The van der Waals surface area contributed by atoms with Crippen LogP contribution in [0.4, 0.5) is 0 Å². The fraction of sp³-hybridized carbons (Fsp3) is 0.364. The molecule has 0 saturated carbocycles. The number of hydrogen-bond donors (Lipinski definition) is 1. The Morgan fingerprint density at radius 2 is 2.00 bits per heavy atom. The van der Waals surface area contributed by atoms with Crippen molar-refractivity contribution in [3.63, 3.8) is 0 Å². The quantitative estimate of drug-likeness (QED) is 0.597. The lowest BCUT2D eigenvalue weighted by Gasteiger charge is -2.26. The van der Waals surface area contributed by atoms with Crippen LogP contribution in [0.5, 0.6) is 5.75 Å². The highest BCUT2D eigenvalue weighted by molar-refractivity contribution is 8.00. The third-order valence-electron chi connectivity index (χ3n) is 5.08. The van der Waals surface area contributed by atoms with Crippen molar-refractivity contribution in [2.24, 2.45) is 0 Å². The molecule has 2 aromatic carbocycles. The van der Waals surface area contributed by atoms with Gasteiger partial charge in [-0.05, 0) is 48.6 Å². The van der Waals surface area contributed by atoms with Crippen molar-refractivity contribution >= 4 is 23.6 Å². The average Bonchev–Trinajstić information content (AvgIpc) is 3.19. The maximum absolute atomic E-state index is 12.2. The van der Waals surface area contributed by atoms with Crippen molar-refractivity contribution in [1.29, 1.82) is 0 Å². The summed E-state index contributed by atoms with van der Waals surface area (Å²) >= 11 is 1.45. The third kappa shape index (κ3) is 4.50. The van der Waals surface area contributed by atoms with Crippen molar-refractivity contribution in [2.45, 2.75) is 36.6 Å². The summed E-state index contributed by atoms with van der Waals surface area (Å²) in [5, 5.41) is 2.93. The Balaban J connectivity index is 1.22. The van der Waals surface area contributed by atoms with E-state index < -0.39 is 0 Å². The van der Waals surface area contributed by atoms with Crippen LogP contribution < -0.4 is 10.1 Å². The molecule has 28 heavy (non-hydrogen) atoms. The molecule has 1 aliphatic carbocycles. The summed E-state index contributed by atoms with van der Waals surface area (Å²) in [5.74, 6) is 0.319. The smallest absolute Gasteiger partial charge is 0.316 e. The highest BCUT2D eigenvalue weighted by Crippen LogP contribution is 2.31. The average molecular weight is 397 g/mol. The Hall–Kier alpha value is -2.47. The van der Waals surface area contributed by atoms with E-state index in [2.05, 4.69) is 23.5 Å². The predicted octanol–water partition coefficient (Wildman–Crippen LogP) is 3.45. The summed E-state index contributed by atoms with van der Waals surface area (Å²) in [6.45, 7) is 0.294. The summed E-state index contributed by atoms with van der Waals surface area (Å²) < 4.78 is 10.7. The summed E-state index contributed by atoms with van der Waals surface area (Å²) in [7, 11) is 0. The van der Waals surface area contributed by atoms with Gasteiger partial charge >= 0.3 is 5.97 Å². The van der Waals surface area contributed by atoms with Gasteiger partial charge < -0.3 is 14.8 Å². The highest BCUT2D eigenvalue weighted by Gasteiger charge is 2.23. The maximum Gasteiger partial charge on any atom is 0.316 e. The lowest BCUT2D eigenvalue weighted by Crippen LogP contribution is -2.35. The molecule has 2 aliphatic rings. The molecule has 1 heterocycles. The number of benzene rings is 2. The lowest BCUT2D eigenvalue weighted by atomic mass is 10.0. The van der Waals surface area contributed by atoms with Crippen molar-refractivity contribution in [3.8, 4) is 5.75 Å². The van der Waals surface area contributed by atoms with Crippen molar-refractivity contribution in [3.05, 3.63) is 59.2 Å². The van der Waals surface area contributed by atoms with Crippen LogP contribution in [-0.2, 0) is 27.2 Å². The monoisotopic (exact) mass is 397 g/mol. The number of nitrogens with one attached hydrogen (secondary N) is 1. The summed E-state index contributed by atoms with van der Waals surface area (Å²) in [4.78, 5) is 25.3. The Morgan fingerprint density at radius 1 is 1.14 bits per heavy atom. The molecule has 1 unspecified atom stereocenters. The van der Waals surface area contributed by atoms with E-state index in [0.29, 0.717) is 13.0 Å². The first-order valence-electron chi connectivity index (χ1n) is 9.60. The largest absolute Gasteiger partial charge is 0.493 e. The van der Waals surface area contributed by atoms with Crippen LogP contribution in [0.2, 0.25) is 0 Å². The molecule has 1 aliphatic heterocycles. The molecule has 2 aromatic rings. The van der Waals surface area contributed by atoms with Gasteiger partial charge in [0.05, 0.1) is 18.4 Å². The molecule has 5 nitrogen and oxygen atoms in total. The molecule has 0 radical (unpaired) electrons. The molecule has 4 rings (SSSR count). The molecule has 0 fully saturated rings. The van der Waals surface area contributed by atoms with Crippen molar-refractivity contribution in [1.82, 2.24) is 5.32 Å². The molecular formula is C22H23NO4S. The van der Waals surface area contributed by atoms with Crippen molar-refractivity contribution < 1.29 is 19.1 Å². The number of carbonyl (C=O) groups excluding carboxylic acids is 2. The summed E-state index contributed by atoms with van der Waals surface area (Å²) in [6, 6.07) is 13.9. The minimum Gasteiger partial charge on any atom is -0.493 e. The molecule has 1 N–H and O–H groups in total. The SMILES string of the molecule is O=C(COC(=O)CSc1ccc2c(c1)CCC2)NC1CCOc2ccccc21. The molecule has 146 valence electrons. The number of esters is 1. The number of aryl methyl sites for hydroxylation is 2. The van der Waals surface area contributed by atoms with Crippen LogP contribution >= 0.6 is 11.8 Å². The number of hydrogen-bond acceptors (Lipinski definition) is 5. The Morgan fingerprint density at radius 3 is 2.93 bits per heavy atom. The van der Waals surface area contributed by atoms with Gasteiger partial charge in [0.15, 0.2) is 6.61 Å². The van der Waals surface area contributed by atoms with Gasteiger partial charge in [-0.25, -0.2) is 0 Å². The van der Waals surface area contributed by atoms with Crippen LogP contribution in [-0.4, -0.2) is 30.8 Å². The zero-order valence-electron chi connectivity index (χ0n) is 15.6. The Labute approximate surface area is 168 Å². The molecular weight excluding hydrogens is 374 g/mol. The van der Waals surface area contributed by atoms with Crippen LogP contribution in [0.3, 0.4) is 0 Å². The second kappa shape index (κ2) is 8.69. The van der Waals surface area contributed by atoms with Gasteiger partial charge in [-0.3, -0.25) is 9.59 Å². The number of amides is 1. The number of fused-ring (bicyclic) bond motifs is 2. The third-order valence-corrected chi connectivity index (χ3v) is 6.05. The standard InChI is InChI=1S/C22H23NO4S/c24-21(23-19-10-11-26-20-7-2-1-6-18(19)20)13-27-22(25)14-28-17-9-8-15-4-3-5-16(15)12-17/h1-2,6-9,12,19H,3-5,10-11,13-14H2,(H,23,24). The van der Waals surface area contributed by atoms with Gasteiger partial charge in [0.2, 0.25) is 0 Å². The van der Waals surface area contributed by atoms with Gasteiger partial charge in [0.25, 0.3) is 5.91 Å². The predicted molar refractivity (Wildman–Crippen MR) is 108 cm³/mol. The summed E-state index contributed by atoms with van der Waals surface area (Å²) in [5.41, 5.74) is 3.76.